The Morgan fingerprint density at radius 1 is 1.19 bits per heavy atom. The summed E-state index contributed by atoms with van der Waals surface area (Å²) in [6, 6.07) is 7.96. The number of nitrogens with one attached hydrogen (secondary N) is 1. The molecule has 0 saturated heterocycles. The number of hydrogen-bond acceptors (Lipinski definition) is 6. The van der Waals surface area contributed by atoms with Crippen molar-refractivity contribution in [2.75, 3.05) is 5.73 Å². The molecule has 4 saturated carbocycles. The Morgan fingerprint density at radius 3 is 2.50 bits per heavy atom. The summed E-state index contributed by atoms with van der Waals surface area (Å²) in [7, 11) is 0. The van der Waals surface area contributed by atoms with E-state index in [4.69, 9.17) is 10.4 Å². The number of amides is 1. The molecule has 3 aromatic rings. The molecular weight excluding hydrogens is 404 g/mol. The Balaban J connectivity index is 1.28. The van der Waals surface area contributed by atoms with Crippen molar-refractivity contribution in [3.8, 4) is 11.5 Å². The van der Waals surface area contributed by atoms with E-state index in [2.05, 4.69) is 27.5 Å². The van der Waals surface area contributed by atoms with E-state index in [-0.39, 0.29) is 29.7 Å². The Hall–Kier alpha value is -2.90. The summed E-state index contributed by atoms with van der Waals surface area (Å²) < 4.78 is 6.66. The van der Waals surface area contributed by atoms with Crippen LogP contribution in [0.3, 0.4) is 0 Å². The minimum atomic E-state index is 0.00650. The first kappa shape index (κ1) is 19.8. The van der Waals surface area contributed by atoms with Crippen LogP contribution in [-0.2, 0) is 11.3 Å². The second-order valence-corrected chi connectivity index (χ2v) is 10.3. The molecule has 4 aliphatic carbocycles. The minimum absolute atomic E-state index is 0.00650. The second-order valence-electron chi connectivity index (χ2n) is 10.3. The van der Waals surface area contributed by atoms with E-state index < -0.39 is 0 Å². The fourth-order valence-corrected chi connectivity index (χ4v) is 7.44. The topological polar surface area (TPSA) is 112 Å². The van der Waals surface area contributed by atoms with Crippen molar-refractivity contribution >= 4 is 22.8 Å². The van der Waals surface area contributed by atoms with Crippen LogP contribution >= 0.6 is 0 Å². The highest BCUT2D eigenvalue weighted by Gasteiger charge is 2.54. The maximum Gasteiger partial charge on any atom is 0.240 e. The number of nitrogens with two attached hydrogens (primary N) is 1. The Labute approximate surface area is 186 Å². The van der Waals surface area contributed by atoms with Crippen molar-refractivity contribution in [1.29, 1.82) is 0 Å². The number of aromatic nitrogens is 4. The van der Waals surface area contributed by atoms with E-state index in [1.165, 1.54) is 38.5 Å². The van der Waals surface area contributed by atoms with Gasteiger partial charge in [0.2, 0.25) is 5.91 Å². The monoisotopic (exact) mass is 434 g/mol. The van der Waals surface area contributed by atoms with Crippen LogP contribution in [0.4, 0.5) is 5.82 Å². The molecule has 2 heterocycles. The van der Waals surface area contributed by atoms with Crippen LogP contribution in [0.15, 0.2) is 28.9 Å². The van der Waals surface area contributed by atoms with Gasteiger partial charge in [-0.25, -0.2) is 9.61 Å². The van der Waals surface area contributed by atoms with E-state index in [1.54, 1.807) is 0 Å². The molecule has 2 aromatic heterocycles. The normalized spacial score (nSPS) is 29.5. The van der Waals surface area contributed by atoms with Crippen LogP contribution in [0.25, 0.3) is 22.6 Å². The number of rotatable bonds is 6. The number of hydrogen-bond donors (Lipinski definition) is 2. The highest BCUT2D eigenvalue weighted by atomic mass is 16.6. The van der Waals surface area contributed by atoms with Gasteiger partial charge in [0.05, 0.1) is 11.0 Å². The molecule has 0 spiro atoms. The lowest BCUT2D eigenvalue weighted by Crippen LogP contribution is -2.57. The summed E-state index contributed by atoms with van der Waals surface area (Å²) in [6.07, 6.45) is 9.01. The van der Waals surface area contributed by atoms with Crippen LogP contribution in [-0.4, -0.2) is 31.8 Å². The fraction of sp³-hybridized carbons (Fsp3) is 0.583. The van der Waals surface area contributed by atoms with Crippen molar-refractivity contribution in [1.82, 2.24) is 25.2 Å². The standard InChI is InChI=1S/C24H30N6O2/c1-2-19(24-10-14-7-15(11-24)9-16(8-14)12-24)27-20(31)13-30-18-6-4-3-5-17(18)26-23(30)21-22(25)29-32-28-21/h3-6,14-16,19H,2,7-13H2,1H3,(H2,25,29)(H,27,31). The van der Waals surface area contributed by atoms with E-state index in [0.29, 0.717) is 11.5 Å². The van der Waals surface area contributed by atoms with Crippen molar-refractivity contribution in [2.45, 2.75) is 64.5 Å². The smallest absolute Gasteiger partial charge is 0.240 e. The molecule has 8 heteroatoms. The molecule has 8 nitrogen and oxygen atoms in total. The van der Waals surface area contributed by atoms with Gasteiger partial charge in [-0.2, -0.15) is 0 Å². The third kappa shape index (κ3) is 3.11. The molecule has 168 valence electrons. The first-order valence-electron chi connectivity index (χ1n) is 11.9. The summed E-state index contributed by atoms with van der Waals surface area (Å²) >= 11 is 0. The third-order valence-corrected chi connectivity index (χ3v) is 8.25. The van der Waals surface area contributed by atoms with Crippen LogP contribution in [0.5, 0.6) is 0 Å². The zero-order valence-corrected chi connectivity index (χ0v) is 18.5. The first-order valence-corrected chi connectivity index (χ1v) is 11.9. The van der Waals surface area contributed by atoms with Crippen LogP contribution in [0.1, 0.15) is 51.9 Å². The zero-order chi connectivity index (χ0) is 21.9. The number of nitrogens with zero attached hydrogens (tertiary/aromatic N) is 4. The van der Waals surface area contributed by atoms with Crippen molar-refractivity contribution in [3.63, 3.8) is 0 Å². The van der Waals surface area contributed by atoms with Crippen molar-refractivity contribution in [2.24, 2.45) is 23.2 Å². The van der Waals surface area contributed by atoms with E-state index >= 15 is 0 Å². The van der Waals surface area contributed by atoms with Crippen LogP contribution in [0.2, 0.25) is 0 Å². The molecule has 7 rings (SSSR count). The Bertz CT molecular complexity index is 1130. The highest BCUT2D eigenvalue weighted by Crippen LogP contribution is 2.61. The predicted molar refractivity (Wildman–Crippen MR) is 120 cm³/mol. The lowest BCUT2D eigenvalue weighted by molar-refractivity contribution is -0.127. The predicted octanol–water partition coefficient (Wildman–Crippen LogP) is 3.78. The second kappa shape index (κ2) is 7.32. The number of benzene rings is 1. The van der Waals surface area contributed by atoms with Gasteiger partial charge < -0.3 is 15.6 Å². The summed E-state index contributed by atoms with van der Waals surface area (Å²) in [5, 5.41) is 11.1. The summed E-state index contributed by atoms with van der Waals surface area (Å²) in [5.74, 6) is 3.26. The molecular formula is C24H30N6O2. The number of anilines is 1. The third-order valence-electron chi connectivity index (χ3n) is 8.25. The average Bonchev–Trinajstić information content (AvgIpc) is 3.34. The van der Waals surface area contributed by atoms with Gasteiger partial charge in [0.15, 0.2) is 17.3 Å². The SMILES string of the molecule is CCC(NC(=O)Cn1c(-c2nonc2N)nc2ccccc21)C12CC3CC(CC(C3)C1)C2. The molecule has 0 aliphatic heterocycles. The van der Waals surface area contributed by atoms with Gasteiger partial charge in [0.25, 0.3) is 0 Å². The van der Waals surface area contributed by atoms with Gasteiger partial charge in [-0.15, -0.1) is 0 Å². The Morgan fingerprint density at radius 2 is 1.88 bits per heavy atom. The first-order chi connectivity index (χ1) is 15.5. The zero-order valence-electron chi connectivity index (χ0n) is 18.5. The van der Waals surface area contributed by atoms with E-state index in [0.717, 1.165) is 35.2 Å². The number of para-hydroxylation sites is 2. The van der Waals surface area contributed by atoms with Gasteiger partial charge >= 0.3 is 0 Å². The Kier molecular flexibility index (Phi) is 4.52. The van der Waals surface area contributed by atoms with Crippen molar-refractivity contribution in [3.05, 3.63) is 24.3 Å². The molecule has 4 bridgehead atoms. The number of carbonyl (C=O) groups excluding carboxylic acids is 1. The van der Waals surface area contributed by atoms with E-state index in [1.807, 2.05) is 28.8 Å². The largest absolute Gasteiger partial charge is 0.379 e. The highest BCUT2D eigenvalue weighted by molar-refractivity contribution is 5.85. The average molecular weight is 435 g/mol. The molecule has 1 atom stereocenters. The molecule has 1 unspecified atom stereocenters. The lowest BCUT2D eigenvalue weighted by Gasteiger charge is -2.59. The van der Waals surface area contributed by atoms with Crippen molar-refractivity contribution < 1.29 is 9.42 Å². The molecule has 1 amide bonds. The van der Waals surface area contributed by atoms with E-state index in [9.17, 15) is 4.79 Å². The van der Waals surface area contributed by atoms with Gasteiger partial charge in [0.1, 0.15) is 6.54 Å². The summed E-state index contributed by atoms with van der Waals surface area (Å²) in [6.45, 7) is 2.37. The molecule has 1 aromatic carbocycles. The number of nitrogen functional groups attached to an aromatic ring is 1. The maximum atomic E-state index is 13.4. The molecule has 4 fully saturated rings. The van der Waals surface area contributed by atoms with Crippen LogP contribution < -0.4 is 11.1 Å². The van der Waals surface area contributed by atoms with Gasteiger partial charge in [-0.05, 0) is 90.6 Å². The molecule has 0 radical (unpaired) electrons. The van der Waals surface area contributed by atoms with Gasteiger partial charge in [0, 0.05) is 6.04 Å². The number of imidazole rings is 1. The summed E-state index contributed by atoms with van der Waals surface area (Å²) in [4.78, 5) is 18.0. The lowest BCUT2D eigenvalue weighted by atomic mass is 9.47. The maximum absolute atomic E-state index is 13.4. The number of fused-ring (bicyclic) bond motifs is 1. The quantitative estimate of drug-likeness (QED) is 0.611. The molecule has 4 aliphatic rings. The van der Waals surface area contributed by atoms with Gasteiger partial charge in [-0.3, -0.25) is 4.79 Å². The van der Waals surface area contributed by atoms with Gasteiger partial charge in [-0.1, -0.05) is 19.1 Å². The number of carbonyl (C=O) groups is 1. The molecule has 32 heavy (non-hydrogen) atoms. The minimum Gasteiger partial charge on any atom is -0.379 e. The van der Waals surface area contributed by atoms with Crippen LogP contribution in [0, 0.1) is 23.2 Å². The summed E-state index contributed by atoms with van der Waals surface area (Å²) in [5.41, 5.74) is 8.23. The fourth-order valence-electron chi connectivity index (χ4n) is 7.44. The molecule has 3 N–H and O–H groups in total.